The van der Waals surface area contributed by atoms with Crippen LogP contribution in [0.4, 0.5) is 8.78 Å². The standard InChI is InChI=1S/C13H6ClF2N3O3/c1-21-13(20)12-6(14)3-8(16)11(17-12)5-2-9-10(4-7(5)15)19-22-18-9/h2-4H,1H3. The first-order chi connectivity index (χ1) is 10.5. The highest BCUT2D eigenvalue weighted by atomic mass is 35.5. The van der Waals surface area contributed by atoms with Crippen molar-refractivity contribution in [3.63, 3.8) is 0 Å². The van der Waals surface area contributed by atoms with Gasteiger partial charge < -0.3 is 4.74 Å². The summed E-state index contributed by atoms with van der Waals surface area (Å²) in [5.41, 5.74) is -0.538. The second-order valence-electron chi connectivity index (χ2n) is 4.23. The van der Waals surface area contributed by atoms with Crippen molar-refractivity contribution in [2.75, 3.05) is 7.11 Å². The molecular formula is C13H6ClF2N3O3. The summed E-state index contributed by atoms with van der Waals surface area (Å²) in [6, 6.07) is 3.09. The van der Waals surface area contributed by atoms with E-state index in [-0.39, 0.29) is 27.3 Å². The summed E-state index contributed by atoms with van der Waals surface area (Å²) in [6.45, 7) is 0. The van der Waals surface area contributed by atoms with E-state index in [1.807, 2.05) is 0 Å². The Kier molecular flexibility index (Phi) is 3.45. The highest BCUT2D eigenvalue weighted by Gasteiger charge is 2.21. The van der Waals surface area contributed by atoms with Gasteiger partial charge in [-0.05, 0) is 22.4 Å². The molecule has 0 fully saturated rings. The Morgan fingerprint density at radius 2 is 1.86 bits per heavy atom. The maximum atomic E-state index is 14.1. The van der Waals surface area contributed by atoms with Gasteiger partial charge >= 0.3 is 5.97 Å². The number of ether oxygens (including phenoxy) is 1. The molecule has 0 saturated heterocycles. The van der Waals surface area contributed by atoms with E-state index >= 15 is 0 Å². The van der Waals surface area contributed by atoms with Crippen LogP contribution < -0.4 is 0 Å². The van der Waals surface area contributed by atoms with E-state index < -0.39 is 23.3 Å². The second-order valence-corrected chi connectivity index (χ2v) is 4.63. The van der Waals surface area contributed by atoms with E-state index in [0.29, 0.717) is 0 Å². The molecule has 0 spiro atoms. The van der Waals surface area contributed by atoms with Crippen LogP contribution in [-0.2, 0) is 4.74 Å². The van der Waals surface area contributed by atoms with Crippen molar-refractivity contribution in [2.45, 2.75) is 0 Å². The Morgan fingerprint density at radius 3 is 2.55 bits per heavy atom. The smallest absolute Gasteiger partial charge is 0.358 e. The van der Waals surface area contributed by atoms with Crippen molar-refractivity contribution in [2.24, 2.45) is 0 Å². The summed E-state index contributed by atoms with van der Waals surface area (Å²) < 4.78 is 37.1. The third-order valence-electron chi connectivity index (χ3n) is 2.91. The summed E-state index contributed by atoms with van der Waals surface area (Å²) in [5, 5.41) is 6.78. The van der Waals surface area contributed by atoms with Crippen LogP contribution in [0.5, 0.6) is 0 Å². The number of pyridine rings is 1. The zero-order chi connectivity index (χ0) is 15.9. The molecule has 0 radical (unpaired) electrons. The van der Waals surface area contributed by atoms with Crippen LogP contribution in [0.15, 0.2) is 22.8 Å². The molecule has 22 heavy (non-hydrogen) atoms. The van der Waals surface area contributed by atoms with Gasteiger partial charge in [-0.2, -0.15) is 0 Å². The fourth-order valence-electron chi connectivity index (χ4n) is 1.88. The number of methoxy groups -OCH3 is 1. The lowest BCUT2D eigenvalue weighted by atomic mass is 10.1. The van der Waals surface area contributed by atoms with Crippen LogP contribution in [0.1, 0.15) is 10.5 Å². The Hall–Kier alpha value is -2.61. The summed E-state index contributed by atoms with van der Waals surface area (Å²) in [6.07, 6.45) is 0. The largest absolute Gasteiger partial charge is 0.464 e. The van der Waals surface area contributed by atoms with Crippen LogP contribution in [0, 0.1) is 11.6 Å². The van der Waals surface area contributed by atoms with Crippen molar-refractivity contribution in [1.29, 1.82) is 0 Å². The van der Waals surface area contributed by atoms with E-state index in [0.717, 1.165) is 19.2 Å². The highest BCUT2D eigenvalue weighted by Crippen LogP contribution is 2.29. The monoisotopic (exact) mass is 325 g/mol. The third-order valence-corrected chi connectivity index (χ3v) is 3.19. The molecule has 0 aliphatic heterocycles. The average molecular weight is 326 g/mol. The lowest BCUT2D eigenvalue weighted by Gasteiger charge is -2.08. The maximum Gasteiger partial charge on any atom is 0.358 e. The first kappa shape index (κ1) is 14.3. The van der Waals surface area contributed by atoms with Crippen LogP contribution in [0.3, 0.4) is 0 Å². The molecule has 0 amide bonds. The quantitative estimate of drug-likeness (QED) is 0.674. The molecular weight excluding hydrogens is 320 g/mol. The fraction of sp³-hybridized carbons (Fsp3) is 0.0769. The summed E-state index contributed by atoms with van der Waals surface area (Å²) in [7, 11) is 1.12. The van der Waals surface area contributed by atoms with Crippen LogP contribution >= 0.6 is 11.6 Å². The van der Waals surface area contributed by atoms with Crippen LogP contribution in [0.2, 0.25) is 5.02 Å². The van der Waals surface area contributed by atoms with Gasteiger partial charge in [0.1, 0.15) is 22.5 Å². The number of benzene rings is 1. The molecule has 9 heteroatoms. The van der Waals surface area contributed by atoms with Gasteiger partial charge in [-0.3, -0.25) is 0 Å². The Bertz CT molecular complexity index is 898. The molecule has 0 bridgehead atoms. The Balaban J connectivity index is 2.25. The van der Waals surface area contributed by atoms with E-state index in [1.54, 1.807) is 0 Å². The zero-order valence-corrected chi connectivity index (χ0v) is 11.7. The SMILES string of the molecule is COC(=O)c1nc(-c2cc3nonc3cc2F)c(F)cc1Cl. The van der Waals surface area contributed by atoms with Gasteiger partial charge in [0.05, 0.1) is 12.1 Å². The molecule has 1 aromatic carbocycles. The molecule has 0 aliphatic carbocycles. The lowest BCUT2D eigenvalue weighted by Crippen LogP contribution is -2.07. The Morgan fingerprint density at radius 1 is 1.18 bits per heavy atom. The number of carbonyl (C=O) groups excluding carboxylic acids is 1. The first-order valence-corrected chi connectivity index (χ1v) is 6.25. The average Bonchev–Trinajstić information content (AvgIpc) is 2.93. The van der Waals surface area contributed by atoms with Crippen molar-refractivity contribution >= 4 is 28.6 Å². The minimum Gasteiger partial charge on any atom is -0.464 e. The maximum absolute atomic E-state index is 14.1. The first-order valence-electron chi connectivity index (χ1n) is 5.88. The summed E-state index contributed by atoms with van der Waals surface area (Å²) in [5.74, 6) is -2.56. The third kappa shape index (κ3) is 2.27. The number of nitrogens with zero attached hydrogens (tertiary/aromatic N) is 3. The van der Waals surface area contributed by atoms with Gasteiger partial charge in [-0.1, -0.05) is 11.6 Å². The molecule has 0 unspecified atom stereocenters. The molecule has 6 nitrogen and oxygen atoms in total. The van der Waals surface area contributed by atoms with Crippen molar-refractivity contribution in [3.05, 3.63) is 40.6 Å². The van der Waals surface area contributed by atoms with Gasteiger partial charge in [0, 0.05) is 11.6 Å². The summed E-state index contributed by atoms with van der Waals surface area (Å²) >= 11 is 5.75. The number of halogens is 3. The van der Waals surface area contributed by atoms with E-state index in [4.69, 9.17) is 11.6 Å². The molecule has 2 heterocycles. The molecule has 0 atom stereocenters. The number of fused-ring (bicyclic) bond motifs is 1. The van der Waals surface area contributed by atoms with Crippen molar-refractivity contribution < 1.29 is 22.9 Å². The minimum atomic E-state index is -0.896. The van der Waals surface area contributed by atoms with Crippen molar-refractivity contribution in [1.82, 2.24) is 15.3 Å². The molecule has 0 saturated carbocycles. The van der Waals surface area contributed by atoms with E-state index in [2.05, 4.69) is 24.7 Å². The normalized spacial score (nSPS) is 10.9. The van der Waals surface area contributed by atoms with E-state index in [9.17, 15) is 13.6 Å². The topological polar surface area (TPSA) is 78.1 Å². The molecule has 0 aliphatic rings. The molecule has 0 N–H and O–H groups in total. The predicted molar refractivity (Wildman–Crippen MR) is 71.3 cm³/mol. The number of esters is 1. The second kappa shape index (κ2) is 5.30. The van der Waals surface area contributed by atoms with Gasteiger partial charge in [0.2, 0.25) is 0 Å². The number of hydrogen-bond acceptors (Lipinski definition) is 6. The molecule has 2 aromatic heterocycles. The molecule has 3 rings (SSSR count). The van der Waals surface area contributed by atoms with Gasteiger partial charge in [0.25, 0.3) is 0 Å². The Labute approximate surface area is 126 Å². The van der Waals surface area contributed by atoms with Gasteiger partial charge in [-0.15, -0.1) is 0 Å². The molecule has 112 valence electrons. The molecule has 3 aromatic rings. The number of carbonyl (C=O) groups is 1. The van der Waals surface area contributed by atoms with Gasteiger partial charge in [-0.25, -0.2) is 23.2 Å². The van der Waals surface area contributed by atoms with E-state index in [1.165, 1.54) is 6.07 Å². The summed E-state index contributed by atoms with van der Waals surface area (Å²) in [4.78, 5) is 15.3. The number of aromatic nitrogens is 3. The highest BCUT2D eigenvalue weighted by molar-refractivity contribution is 6.33. The van der Waals surface area contributed by atoms with Crippen LogP contribution in [0.25, 0.3) is 22.3 Å². The van der Waals surface area contributed by atoms with Crippen LogP contribution in [-0.4, -0.2) is 28.4 Å². The lowest BCUT2D eigenvalue weighted by molar-refractivity contribution is 0.0594. The number of hydrogen-bond donors (Lipinski definition) is 0. The van der Waals surface area contributed by atoms with Crippen molar-refractivity contribution in [3.8, 4) is 11.3 Å². The zero-order valence-electron chi connectivity index (χ0n) is 10.9. The number of rotatable bonds is 2. The van der Waals surface area contributed by atoms with Gasteiger partial charge in [0.15, 0.2) is 11.5 Å². The fourth-order valence-corrected chi connectivity index (χ4v) is 2.10. The predicted octanol–water partition coefficient (Wildman–Crippen LogP) is 3.00. The minimum absolute atomic E-state index is 0.170.